The van der Waals surface area contributed by atoms with Crippen molar-refractivity contribution in [2.75, 3.05) is 0 Å². The molecule has 1 N–H and O–H groups in total. The monoisotopic (exact) mass is 219 g/mol. The van der Waals surface area contributed by atoms with Crippen LogP contribution in [-0.4, -0.2) is 22.9 Å². The smallest absolute Gasteiger partial charge is 1.00 e. The van der Waals surface area contributed by atoms with Crippen molar-refractivity contribution in [3.63, 3.8) is 0 Å². The van der Waals surface area contributed by atoms with Crippen molar-refractivity contribution in [3.8, 4) is 0 Å². The first-order valence-corrected chi connectivity index (χ1v) is 4.11. The van der Waals surface area contributed by atoms with Crippen molar-refractivity contribution in [2.45, 2.75) is 20.0 Å². The van der Waals surface area contributed by atoms with E-state index in [9.17, 15) is 14.2 Å². The van der Waals surface area contributed by atoms with Gasteiger partial charge in [-0.15, -0.1) is 4.89 Å². The van der Waals surface area contributed by atoms with E-state index in [0.717, 1.165) is 6.92 Å². The molecule has 0 amide bonds. The number of hydrogen-bond acceptors (Lipinski definition) is 5. The predicted molar refractivity (Wildman–Crippen MR) is 38.3 cm³/mol. The normalized spacial score (nSPS) is 12.1. The van der Waals surface area contributed by atoms with Crippen LogP contribution in [0.3, 0.4) is 0 Å². The van der Waals surface area contributed by atoms with Gasteiger partial charge < -0.3 is 6.16 Å². The fourth-order valence-corrected chi connectivity index (χ4v) is 0.751. The molecular formula is C5H9NaO6P+. The largest absolute Gasteiger partial charge is 1.00 e. The standard InChI is InChI=1S/C5H7O6P.Na.H/c1-3(10-4(2)6)5(7)11-12(8)9;;/h3H,1-2H3;;/q;+1;-1/p+1/t3-;;/m0../s1. The molecule has 0 aliphatic rings. The summed E-state index contributed by atoms with van der Waals surface area (Å²) in [6.45, 7) is 2.35. The molecule has 0 fully saturated rings. The summed E-state index contributed by atoms with van der Waals surface area (Å²) in [5.41, 5.74) is 0. The molecule has 0 aromatic carbocycles. The van der Waals surface area contributed by atoms with Crippen LogP contribution in [0.2, 0.25) is 0 Å². The number of carbonyl (C=O) groups is 2. The van der Waals surface area contributed by atoms with E-state index >= 15 is 0 Å². The van der Waals surface area contributed by atoms with Crippen molar-refractivity contribution in [1.29, 1.82) is 0 Å². The maximum atomic E-state index is 10.6. The van der Waals surface area contributed by atoms with Crippen LogP contribution in [0, 0.1) is 0 Å². The molecule has 70 valence electrons. The van der Waals surface area contributed by atoms with Gasteiger partial charge in [0, 0.05) is 11.5 Å². The minimum absolute atomic E-state index is 0. The van der Waals surface area contributed by atoms with Gasteiger partial charge >= 0.3 is 49.8 Å². The third kappa shape index (κ3) is 8.33. The quantitative estimate of drug-likeness (QED) is 0.314. The molecule has 1 unspecified atom stereocenters. The SMILES string of the molecule is CC(=O)O[C@@H](C)C(=O)O[P+](=O)O.[H-].[Na+]. The Kier molecular flexibility index (Phi) is 8.82. The first-order valence-electron chi connectivity index (χ1n) is 2.98. The van der Waals surface area contributed by atoms with Gasteiger partial charge in [-0.2, -0.15) is 4.52 Å². The van der Waals surface area contributed by atoms with Crippen LogP contribution in [0.15, 0.2) is 0 Å². The molecule has 2 atom stereocenters. The summed E-state index contributed by atoms with van der Waals surface area (Å²) in [6.07, 6.45) is -1.16. The van der Waals surface area contributed by atoms with E-state index < -0.39 is 26.3 Å². The number of hydrogen-bond donors (Lipinski definition) is 1. The molecule has 0 spiro atoms. The fourth-order valence-electron chi connectivity index (χ4n) is 0.448. The summed E-state index contributed by atoms with van der Waals surface area (Å²) in [6, 6.07) is 0. The summed E-state index contributed by atoms with van der Waals surface area (Å²) in [5, 5.41) is 0. The van der Waals surface area contributed by atoms with Gasteiger partial charge in [0.05, 0.1) is 0 Å². The number of esters is 1. The fraction of sp³-hybridized carbons (Fsp3) is 0.600. The van der Waals surface area contributed by atoms with Crippen LogP contribution < -0.4 is 29.6 Å². The second-order valence-corrected chi connectivity index (χ2v) is 2.56. The van der Waals surface area contributed by atoms with Gasteiger partial charge in [-0.05, 0) is 6.92 Å². The van der Waals surface area contributed by atoms with Gasteiger partial charge in [0.2, 0.25) is 6.10 Å². The van der Waals surface area contributed by atoms with Gasteiger partial charge in [-0.1, -0.05) is 0 Å². The van der Waals surface area contributed by atoms with Crippen molar-refractivity contribution < 1.29 is 59.3 Å². The first kappa shape index (κ1) is 15.5. The van der Waals surface area contributed by atoms with Gasteiger partial charge in [-0.25, -0.2) is 4.79 Å². The van der Waals surface area contributed by atoms with Gasteiger partial charge in [0.1, 0.15) is 0 Å². The molecular weight excluding hydrogens is 210 g/mol. The molecule has 0 heterocycles. The minimum Gasteiger partial charge on any atom is -1.00 e. The van der Waals surface area contributed by atoms with Crippen LogP contribution in [0.4, 0.5) is 0 Å². The Labute approximate surface area is 99.3 Å². The van der Waals surface area contributed by atoms with E-state index in [1.165, 1.54) is 6.92 Å². The molecule has 0 aromatic heterocycles. The Hall–Kier alpha value is 0. The zero-order valence-corrected chi connectivity index (χ0v) is 10.4. The minimum atomic E-state index is -2.99. The molecule has 0 rings (SSSR count). The van der Waals surface area contributed by atoms with Crippen LogP contribution in [0.25, 0.3) is 0 Å². The van der Waals surface area contributed by atoms with E-state index in [1.807, 2.05) is 0 Å². The van der Waals surface area contributed by atoms with Gasteiger partial charge in [0.25, 0.3) is 0 Å². The predicted octanol–water partition coefficient (Wildman–Crippen LogP) is -2.75. The summed E-state index contributed by atoms with van der Waals surface area (Å²) in [5.74, 6) is -1.71. The van der Waals surface area contributed by atoms with Crippen molar-refractivity contribution >= 4 is 20.2 Å². The first-order chi connectivity index (χ1) is 5.43. The Bertz CT molecular complexity index is 222. The third-order valence-electron chi connectivity index (χ3n) is 0.843. The maximum Gasteiger partial charge on any atom is 1.00 e. The van der Waals surface area contributed by atoms with Crippen LogP contribution >= 0.6 is 8.25 Å². The second-order valence-electron chi connectivity index (χ2n) is 1.90. The third-order valence-corrected chi connectivity index (χ3v) is 1.18. The molecule has 0 aromatic rings. The number of carbonyl (C=O) groups excluding carboxylic acids is 2. The Morgan fingerprint density at radius 3 is 2.31 bits per heavy atom. The molecule has 13 heavy (non-hydrogen) atoms. The zero-order valence-electron chi connectivity index (χ0n) is 8.51. The average Bonchev–Trinajstić information content (AvgIpc) is 1.84. The van der Waals surface area contributed by atoms with Crippen LogP contribution in [0.1, 0.15) is 15.3 Å². The van der Waals surface area contributed by atoms with E-state index in [2.05, 4.69) is 9.26 Å². The average molecular weight is 219 g/mol. The van der Waals surface area contributed by atoms with Gasteiger partial charge in [-0.3, -0.25) is 4.79 Å². The van der Waals surface area contributed by atoms with E-state index in [-0.39, 0.29) is 31.0 Å². The number of rotatable bonds is 3. The van der Waals surface area contributed by atoms with Crippen molar-refractivity contribution in [2.24, 2.45) is 0 Å². The molecule has 6 nitrogen and oxygen atoms in total. The second kappa shape index (κ2) is 7.41. The summed E-state index contributed by atoms with van der Waals surface area (Å²) in [4.78, 5) is 29.1. The molecule has 8 heteroatoms. The molecule has 0 bridgehead atoms. The molecule has 0 aliphatic heterocycles. The molecule has 0 saturated carbocycles. The van der Waals surface area contributed by atoms with Crippen LogP contribution in [-0.2, 0) is 23.4 Å². The Balaban J connectivity index is -0.000000605. The van der Waals surface area contributed by atoms with Gasteiger partial charge in [0.15, 0.2) is 0 Å². The van der Waals surface area contributed by atoms with E-state index in [4.69, 9.17) is 4.89 Å². The molecule has 0 aliphatic carbocycles. The molecule has 0 saturated heterocycles. The Morgan fingerprint density at radius 2 is 2.00 bits per heavy atom. The Morgan fingerprint density at radius 1 is 1.54 bits per heavy atom. The van der Waals surface area contributed by atoms with Crippen molar-refractivity contribution in [3.05, 3.63) is 0 Å². The van der Waals surface area contributed by atoms with Crippen LogP contribution in [0.5, 0.6) is 0 Å². The van der Waals surface area contributed by atoms with E-state index in [1.54, 1.807) is 0 Å². The topological polar surface area (TPSA) is 89.9 Å². The molecule has 0 radical (unpaired) electrons. The summed E-state index contributed by atoms with van der Waals surface area (Å²) >= 11 is 0. The summed E-state index contributed by atoms with van der Waals surface area (Å²) in [7, 11) is -2.99. The zero-order chi connectivity index (χ0) is 9.72. The van der Waals surface area contributed by atoms with Crippen molar-refractivity contribution in [1.82, 2.24) is 0 Å². The number of ether oxygens (including phenoxy) is 1. The maximum absolute atomic E-state index is 10.6. The summed E-state index contributed by atoms with van der Waals surface area (Å²) < 4.78 is 18.2. The van der Waals surface area contributed by atoms with E-state index in [0.29, 0.717) is 0 Å².